The van der Waals surface area contributed by atoms with Crippen molar-refractivity contribution in [3.63, 3.8) is 0 Å². The second kappa shape index (κ2) is 4.63. The average molecular weight is 267 g/mol. The van der Waals surface area contributed by atoms with Crippen LogP contribution in [0, 0.1) is 6.92 Å². The van der Waals surface area contributed by atoms with Gasteiger partial charge in [0.25, 0.3) is 5.56 Å². The molecular formula is C13H15ClN2O2. The van der Waals surface area contributed by atoms with E-state index in [9.17, 15) is 4.79 Å². The molecule has 4 nitrogen and oxygen atoms in total. The van der Waals surface area contributed by atoms with Gasteiger partial charge in [-0.3, -0.25) is 4.79 Å². The van der Waals surface area contributed by atoms with Crippen molar-refractivity contribution in [1.29, 1.82) is 0 Å². The fourth-order valence-electron chi connectivity index (χ4n) is 2.15. The molecule has 1 aromatic carbocycles. The Bertz CT molecular complexity index is 677. The lowest BCUT2D eigenvalue weighted by Crippen LogP contribution is -2.25. The quantitative estimate of drug-likeness (QED) is 0.904. The molecule has 0 saturated carbocycles. The molecule has 0 bridgehead atoms. The summed E-state index contributed by atoms with van der Waals surface area (Å²) in [5.74, 6) is 0.592. The fourth-order valence-corrected chi connectivity index (χ4v) is 2.39. The van der Waals surface area contributed by atoms with Gasteiger partial charge in [0.1, 0.15) is 5.75 Å². The molecular weight excluding hydrogens is 252 g/mol. The van der Waals surface area contributed by atoms with Gasteiger partial charge in [0.2, 0.25) is 0 Å². The molecule has 0 spiro atoms. The third-order valence-corrected chi connectivity index (χ3v) is 3.55. The Labute approximate surface area is 110 Å². The molecule has 0 radical (unpaired) electrons. The highest BCUT2D eigenvalue weighted by Crippen LogP contribution is 2.31. The van der Waals surface area contributed by atoms with Crippen LogP contribution in [0.1, 0.15) is 11.1 Å². The van der Waals surface area contributed by atoms with Crippen molar-refractivity contribution < 1.29 is 4.74 Å². The highest BCUT2D eigenvalue weighted by atomic mass is 35.5. The molecule has 0 aliphatic carbocycles. The molecule has 0 fully saturated rings. The molecule has 0 aliphatic heterocycles. The summed E-state index contributed by atoms with van der Waals surface area (Å²) in [4.78, 5) is 12.1. The first-order chi connectivity index (χ1) is 8.51. The van der Waals surface area contributed by atoms with Crippen LogP contribution >= 0.6 is 11.6 Å². The summed E-state index contributed by atoms with van der Waals surface area (Å²) in [6.45, 7) is 2.11. The Morgan fingerprint density at radius 3 is 2.67 bits per heavy atom. The van der Waals surface area contributed by atoms with Gasteiger partial charge in [-0.25, -0.2) is 0 Å². The van der Waals surface area contributed by atoms with Gasteiger partial charge < -0.3 is 15.0 Å². The number of nitrogens with zero attached hydrogens (tertiary/aromatic N) is 1. The largest absolute Gasteiger partial charge is 0.495 e. The number of benzene rings is 1. The van der Waals surface area contributed by atoms with E-state index in [0.29, 0.717) is 16.3 Å². The van der Waals surface area contributed by atoms with Gasteiger partial charge in [-0.05, 0) is 24.6 Å². The van der Waals surface area contributed by atoms with Crippen molar-refractivity contribution in [2.45, 2.75) is 13.5 Å². The third kappa shape index (κ3) is 1.78. The monoisotopic (exact) mass is 266 g/mol. The number of nitrogens with two attached hydrogens (primary N) is 1. The number of aryl methyl sites for hydroxylation is 2. The predicted octanol–water partition coefficient (Wildman–Crippen LogP) is 1.97. The van der Waals surface area contributed by atoms with Crippen molar-refractivity contribution in [3.05, 3.63) is 38.6 Å². The van der Waals surface area contributed by atoms with Crippen molar-refractivity contribution in [2.24, 2.45) is 12.8 Å². The van der Waals surface area contributed by atoms with Gasteiger partial charge in [0.15, 0.2) is 0 Å². The molecule has 2 rings (SSSR count). The van der Waals surface area contributed by atoms with E-state index in [1.165, 1.54) is 0 Å². The summed E-state index contributed by atoms with van der Waals surface area (Å²) in [6, 6.07) is 3.58. The molecule has 0 aliphatic rings. The van der Waals surface area contributed by atoms with E-state index in [1.807, 2.05) is 13.0 Å². The summed E-state index contributed by atoms with van der Waals surface area (Å²) in [6.07, 6.45) is 0. The second-order valence-corrected chi connectivity index (χ2v) is 4.58. The van der Waals surface area contributed by atoms with Crippen molar-refractivity contribution in [2.75, 3.05) is 7.11 Å². The molecule has 5 heteroatoms. The smallest absolute Gasteiger partial charge is 0.255 e. The molecule has 0 saturated heterocycles. The zero-order chi connectivity index (χ0) is 13.4. The average Bonchev–Trinajstić information content (AvgIpc) is 2.36. The van der Waals surface area contributed by atoms with E-state index in [2.05, 4.69) is 0 Å². The number of methoxy groups -OCH3 is 1. The van der Waals surface area contributed by atoms with Crippen LogP contribution in [0.15, 0.2) is 16.9 Å². The topological polar surface area (TPSA) is 57.2 Å². The maximum atomic E-state index is 12.1. The molecule has 18 heavy (non-hydrogen) atoms. The number of halogens is 1. The van der Waals surface area contributed by atoms with E-state index >= 15 is 0 Å². The summed E-state index contributed by atoms with van der Waals surface area (Å²) in [5.41, 5.74) is 7.84. The van der Waals surface area contributed by atoms with Crippen LogP contribution in [0.2, 0.25) is 5.02 Å². The van der Waals surface area contributed by atoms with Crippen LogP contribution in [0.4, 0.5) is 0 Å². The Morgan fingerprint density at radius 2 is 2.11 bits per heavy atom. The zero-order valence-electron chi connectivity index (χ0n) is 10.6. The SMILES string of the molecule is COc1cc2c(C)c(CN)c(=O)n(C)c2cc1Cl. The van der Waals surface area contributed by atoms with Crippen molar-refractivity contribution in [1.82, 2.24) is 4.57 Å². The molecule has 0 unspecified atom stereocenters. The highest BCUT2D eigenvalue weighted by molar-refractivity contribution is 6.32. The van der Waals surface area contributed by atoms with Gasteiger partial charge >= 0.3 is 0 Å². The molecule has 1 aromatic heterocycles. The summed E-state index contributed by atoms with van der Waals surface area (Å²) in [7, 11) is 3.28. The lowest BCUT2D eigenvalue weighted by Gasteiger charge is -2.14. The third-order valence-electron chi connectivity index (χ3n) is 3.26. The minimum atomic E-state index is -0.0799. The number of pyridine rings is 1. The van der Waals surface area contributed by atoms with E-state index in [4.69, 9.17) is 22.1 Å². The Balaban J connectivity index is 2.99. The van der Waals surface area contributed by atoms with Crippen LogP contribution in [-0.4, -0.2) is 11.7 Å². The van der Waals surface area contributed by atoms with Crippen LogP contribution < -0.4 is 16.0 Å². The number of rotatable bonds is 2. The van der Waals surface area contributed by atoms with Gasteiger partial charge in [-0.2, -0.15) is 0 Å². The molecule has 2 aromatic rings. The Kier molecular flexibility index (Phi) is 3.32. The van der Waals surface area contributed by atoms with Crippen molar-refractivity contribution in [3.8, 4) is 5.75 Å². The fraction of sp³-hybridized carbons (Fsp3) is 0.308. The highest BCUT2D eigenvalue weighted by Gasteiger charge is 2.13. The van der Waals surface area contributed by atoms with Crippen LogP contribution in [0.5, 0.6) is 5.75 Å². The second-order valence-electron chi connectivity index (χ2n) is 4.18. The van der Waals surface area contributed by atoms with Gasteiger partial charge in [0.05, 0.1) is 17.6 Å². The number of fused-ring (bicyclic) bond motifs is 1. The minimum absolute atomic E-state index is 0.0799. The Morgan fingerprint density at radius 1 is 1.44 bits per heavy atom. The number of hydrogen-bond acceptors (Lipinski definition) is 3. The number of ether oxygens (including phenoxy) is 1. The lowest BCUT2D eigenvalue weighted by atomic mass is 10.0. The van der Waals surface area contributed by atoms with Crippen LogP contribution in [0.25, 0.3) is 10.9 Å². The first kappa shape index (κ1) is 12.9. The van der Waals surface area contributed by atoms with E-state index in [1.54, 1.807) is 24.8 Å². The normalized spacial score (nSPS) is 10.9. The van der Waals surface area contributed by atoms with Crippen molar-refractivity contribution >= 4 is 22.5 Å². The van der Waals surface area contributed by atoms with Gasteiger partial charge in [-0.1, -0.05) is 11.6 Å². The molecule has 96 valence electrons. The van der Waals surface area contributed by atoms with E-state index in [-0.39, 0.29) is 12.1 Å². The standard InChI is InChI=1S/C13H15ClN2O2/c1-7-8-4-12(18-3)10(14)5-11(8)16(2)13(17)9(7)6-15/h4-5H,6,15H2,1-3H3. The molecule has 0 amide bonds. The van der Waals surface area contributed by atoms with E-state index < -0.39 is 0 Å². The van der Waals surface area contributed by atoms with Crippen LogP contribution in [-0.2, 0) is 13.6 Å². The summed E-state index contributed by atoms with van der Waals surface area (Å²) >= 11 is 6.09. The zero-order valence-corrected chi connectivity index (χ0v) is 11.3. The molecule has 2 N–H and O–H groups in total. The number of hydrogen-bond donors (Lipinski definition) is 1. The predicted molar refractivity (Wildman–Crippen MR) is 73.4 cm³/mol. The summed E-state index contributed by atoms with van der Waals surface area (Å²) in [5, 5.41) is 1.42. The van der Waals surface area contributed by atoms with Gasteiger partial charge in [-0.15, -0.1) is 0 Å². The summed E-state index contributed by atoms with van der Waals surface area (Å²) < 4.78 is 6.77. The van der Waals surface area contributed by atoms with Crippen LogP contribution in [0.3, 0.4) is 0 Å². The lowest BCUT2D eigenvalue weighted by molar-refractivity contribution is 0.415. The maximum Gasteiger partial charge on any atom is 0.255 e. The first-order valence-electron chi connectivity index (χ1n) is 5.57. The molecule has 0 atom stereocenters. The number of aromatic nitrogens is 1. The molecule has 1 heterocycles. The first-order valence-corrected chi connectivity index (χ1v) is 5.94. The van der Waals surface area contributed by atoms with E-state index in [0.717, 1.165) is 16.5 Å². The maximum absolute atomic E-state index is 12.1. The van der Waals surface area contributed by atoms with Gasteiger partial charge in [0, 0.05) is 24.5 Å². The Hall–Kier alpha value is -1.52. The minimum Gasteiger partial charge on any atom is -0.495 e.